The second kappa shape index (κ2) is 11.5. The van der Waals surface area contributed by atoms with E-state index in [4.69, 9.17) is 0 Å². The van der Waals surface area contributed by atoms with Gasteiger partial charge in [-0.1, -0.05) is 152 Å². The van der Waals surface area contributed by atoms with Crippen molar-refractivity contribution in [2.24, 2.45) is 0 Å². The first-order chi connectivity index (χ1) is 22.8. The van der Waals surface area contributed by atoms with Crippen LogP contribution in [-0.4, -0.2) is 12.6 Å². The first-order valence-electron chi connectivity index (χ1n) is 15.6. The van der Waals surface area contributed by atoms with Crippen LogP contribution in [0.5, 0.6) is 0 Å². The van der Waals surface area contributed by atoms with E-state index in [1.165, 1.54) is 31.5 Å². The van der Waals surface area contributed by atoms with Crippen molar-refractivity contribution in [3.05, 3.63) is 188 Å². The molecule has 8 rings (SSSR count). The molecule has 0 aliphatic rings. The van der Waals surface area contributed by atoms with Gasteiger partial charge in [0, 0.05) is 16.3 Å². The molecule has 0 amide bonds. The van der Waals surface area contributed by atoms with E-state index in [0.717, 1.165) is 27.8 Å². The summed E-state index contributed by atoms with van der Waals surface area (Å²) in [7, 11) is -2.64. The van der Waals surface area contributed by atoms with Crippen molar-refractivity contribution in [1.29, 1.82) is 5.26 Å². The van der Waals surface area contributed by atoms with Crippen LogP contribution < -0.4 is 20.7 Å². The number of fused-ring (bicyclic) bond motifs is 3. The molecule has 8 aromatic rings. The molecule has 0 fully saturated rings. The Morgan fingerprint density at radius 3 is 1.35 bits per heavy atom. The highest BCUT2D eigenvalue weighted by molar-refractivity contribution is 7.19. The molecule has 0 N–H and O–H groups in total. The zero-order valence-corrected chi connectivity index (χ0v) is 26.2. The summed E-state index contributed by atoms with van der Waals surface area (Å²) in [5, 5.41) is 17.7. The summed E-state index contributed by atoms with van der Waals surface area (Å²) in [6, 6.07) is 67.7. The van der Waals surface area contributed by atoms with Gasteiger partial charge in [0.15, 0.2) is 8.07 Å². The molecule has 0 aliphatic carbocycles. The van der Waals surface area contributed by atoms with Gasteiger partial charge in [0.05, 0.1) is 28.4 Å². The minimum atomic E-state index is -2.64. The second-order valence-corrected chi connectivity index (χ2v) is 15.4. The summed E-state index contributed by atoms with van der Waals surface area (Å²) in [6.45, 7) is 0. The summed E-state index contributed by atoms with van der Waals surface area (Å²) in [5.41, 5.74) is 6.11. The van der Waals surface area contributed by atoms with Gasteiger partial charge in [-0.3, -0.25) is 0 Å². The van der Waals surface area contributed by atoms with Gasteiger partial charge in [-0.15, -0.1) is 0 Å². The van der Waals surface area contributed by atoms with E-state index in [1.807, 2.05) is 12.1 Å². The number of hydrogen-bond acceptors (Lipinski definition) is 1. The maximum Gasteiger partial charge on any atom is 0.179 e. The Morgan fingerprint density at radius 2 is 0.870 bits per heavy atom. The lowest BCUT2D eigenvalue weighted by Gasteiger charge is -2.34. The largest absolute Gasteiger partial charge is 0.309 e. The van der Waals surface area contributed by atoms with E-state index in [1.54, 1.807) is 0 Å². The maximum absolute atomic E-state index is 9.95. The molecule has 0 radical (unpaired) electrons. The Kier molecular flexibility index (Phi) is 6.91. The van der Waals surface area contributed by atoms with Gasteiger partial charge < -0.3 is 4.57 Å². The number of benzene rings is 7. The smallest absolute Gasteiger partial charge is 0.179 e. The predicted molar refractivity (Wildman–Crippen MR) is 195 cm³/mol. The molecule has 2 nitrogen and oxygen atoms in total. The van der Waals surface area contributed by atoms with Gasteiger partial charge in [0.2, 0.25) is 0 Å². The Hall–Kier alpha value is -5.95. The van der Waals surface area contributed by atoms with E-state index >= 15 is 0 Å². The summed E-state index contributed by atoms with van der Waals surface area (Å²) in [5.74, 6) is 0. The van der Waals surface area contributed by atoms with Crippen molar-refractivity contribution in [3.8, 4) is 22.9 Å². The average Bonchev–Trinajstić information content (AvgIpc) is 3.48. The first kappa shape index (κ1) is 27.6. The van der Waals surface area contributed by atoms with Gasteiger partial charge in [-0.25, -0.2) is 0 Å². The van der Waals surface area contributed by atoms with E-state index in [0.29, 0.717) is 5.56 Å². The fourth-order valence-corrected chi connectivity index (χ4v) is 11.9. The number of aromatic nitrogens is 1. The van der Waals surface area contributed by atoms with E-state index < -0.39 is 8.07 Å². The summed E-state index contributed by atoms with van der Waals surface area (Å²) in [6.07, 6.45) is 0. The SMILES string of the molecule is N#Cc1ccc(-n2c3ccccc3c3ccccc32)c(-c2ccc([Si](c3ccccc3)(c3ccccc3)c3ccccc3)cc2)c1. The van der Waals surface area contributed by atoms with Crippen LogP contribution in [0.15, 0.2) is 182 Å². The molecule has 46 heavy (non-hydrogen) atoms. The van der Waals surface area contributed by atoms with Crippen molar-refractivity contribution in [3.63, 3.8) is 0 Å². The quantitative estimate of drug-likeness (QED) is 0.142. The van der Waals surface area contributed by atoms with Crippen LogP contribution in [0.2, 0.25) is 0 Å². The number of nitriles is 1. The minimum Gasteiger partial charge on any atom is -0.309 e. The van der Waals surface area contributed by atoms with Crippen LogP contribution in [0, 0.1) is 11.3 Å². The van der Waals surface area contributed by atoms with Gasteiger partial charge in [0.1, 0.15) is 0 Å². The third kappa shape index (κ3) is 4.39. The van der Waals surface area contributed by atoms with Crippen LogP contribution in [0.3, 0.4) is 0 Å². The molecular weight excluding hydrogens is 573 g/mol. The third-order valence-electron chi connectivity index (χ3n) is 9.20. The highest BCUT2D eigenvalue weighted by atomic mass is 28.3. The lowest BCUT2D eigenvalue weighted by atomic mass is 10.0. The molecule has 7 aromatic carbocycles. The zero-order valence-electron chi connectivity index (χ0n) is 25.2. The topological polar surface area (TPSA) is 28.7 Å². The highest BCUT2D eigenvalue weighted by Gasteiger charge is 2.41. The lowest BCUT2D eigenvalue weighted by molar-refractivity contribution is 1.18. The molecule has 0 unspecified atom stereocenters. The molecule has 0 bridgehead atoms. The van der Waals surface area contributed by atoms with Crippen molar-refractivity contribution in [1.82, 2.24) is 4.57 Å². The fraction of sp³-hybridized carbons (Fsp3) is 0. The maximum atomic E-state index is 9.95. The van der Waals surface area contributed by atoms with Gasteiger partial charge in [-0.05, 0) is 56.6 Å². The Balaban J connectivity index is 1.37. The van der Waals surface area contributed by atoms with Crippen LogP contribution >= 0.6 is 0 Å². The highest BCUT2D eigenvalue weighted by Crippen LogP contribution is 2.36. The van der Waals surface area contributed by atoms with Crippen LogP contribution in [-0.2, 0) is 0 Å². The number of para-hydroxylation sites is 2. The third-order valence-corrected chi connectivity index (χ3v) is 14.0. The molecule has 1 heterocycles. The van der Waals surface area contributed by atoms with E-state index in [-0.39, 0.29) is 0 Å². The summed E-state index contributed by atoms with van der Waals surface area (Å²) in [4.78, 5) is 0. The lowest BCUT2D eigenvalue weighted by Crippen LogP contribution is -2.74. The fourth-order valence-electron chi connectivity index (χ4n) is 7.18. The number of hydrogen-bond donors (Lipinski definition) is 0. The minimum absolute atomic E-state index is 0.644. The van der Waals surface area contributed by atoms with Gasteiger partial charge in [0.25, 0.3) is 0 Å². The Bertz CT molecular complexity index is 2200. The first-order valence-corrected chi connectivity index (χ1v) is 17.6. The van der Waals surface area contributed by atoms with Crippen LogP contribution in [0.4, 0.5) is 0 Å². The molecule has 3 heteroatoms. The predicted octanol–water partition coefficient (Wildman–Crippen LogP) is 7.70. The number of nitrogens with zero attached hydrogens (tertiary/aromatic N) is 2. The zero-order chi connectivity index (χ0) is 30.9. The average molecular weight is 603 g/mol. The van der Waals surface area contributed by atoms with Gasteiger partial charge >= 0.3 is 0 Å². The van der Waals surface area contributed by atoms with Crippen molar-refractivity contribution in [2.75, 3.05) is 0 Å². The molecule has 0 atom stereocenters. The molecule has 216 valence electrons. The molecule has 0 saturated carbocycles. The van der Waals surface area contributed by atoms with Crippen molar-refractivity contribution >= 4 is 50.6 Å². The standard InChI is InChI=1S/C43H30N2Si/c44-31-32-24-29-43(45-41-22-12-10-20-38(41)39-21-11-13-23-42(39)45)40(30-32)33-25-27-37(28-26-33)46(34-14-4-1-5-15-34,35-16-6-2-7-17-35)36-18-8-3-9-19-36/h1-30H. The van der Waals surface area contributed by atoms with Crippen molar-refractivity contribution < 1.29 is 0 Å². The molecule has 0 saturated heterocycles. The van der Waals surface area contributed by atoms with Crippen molar-refractivity contribution in [2.45, 2.75) is 0 Å². The van der Waals surface area contributed by atoms with Crippen LogP contribution in [0.1, 0.15) is 5.56 Å². The van der Waals surface area contributed by atoms with Crippen LogP contribution in [0.25, 0.3) is 38.6 Å². The normalized spacial score (nSPS) is 11.5. The molecule has 1 aromatic heterocycles. The second-order valence-electron chi connectivity index (χ2n) is 11.6. The van der Waals surface area contributed by atoms with Gasteiger partial charge in [-0.2, -0.15) is 5.26 Å². The van der Waals surface area contributed by atoms with E-state index in [2.05, 4.69) is 180 Å². The molecular formula is C43H30N2Si. The Labute approximate surface area is 270 Å². The molecule has 0 spiro atoms. The summed E-state index contributed by atoms with van der Waals surface area (Å²) < 4.78 is 2.34. The summed E-state index contributed by atoms with van der Waals surface area (Å²) >= 11 is 0. The monoisotopic (exact) mass is 602 g/mol. The molecule has 0 aliphatic heterocycles. The number of rotatable bonds is 6. The van der Waals surface area contributed by atoms with E-state index in [9.17, 15) is 5.26 Å². The Morgan fingerprint density at radius 1 is 0.435 bits per heavy atom.